The van der Waals surface area contributed by atoms with Gasteiger partial charge in [0, 0.05) is 12.6 Å². The van der Waals surface area contributed by atoms with Gasteiger partial charge in [-0.2, -0.15) is 0 Å². The van der Waals surface area contributed by atoms with Crippen LogP contribution in [0.5, 0.6) is 0 Å². The van der Waals surface area contributed by atoms with Gasteiger partial charge >= 0.3 is 0 Å². The van der Waals surface area contributed by atoms with E-state index in [9.17, 15) is 0 Å². The predicted molar refractivity (Wildman–Crippen MR) is 41.9 cm³/mol. The van der Waals surface area contributed by atoms with Crippen molar-refractivity contribution in [2.75, 3.05) is 18.9 Å². The number of hydrogen-bond acceptors (Lipinski definition) is 4. The van der Waals surface area contributed by atoms with Crippen LogP contribution in [0, 0.1) is 0 Å². The summed E-state index contributed by atoms with van der Waals surface area (Å²) in [5, 5.41) is 11.4. The second-order valence-electron chi connectivity index (χ2n) is 2.20. The lowest BCUT2D eigenvalue weighted by Gasteiger charge is -1.97. The maximum absolute atomic E-state index is 8.43. The Kier molecular flexibility index (Phi) is 2.95. The van der Waals surface area contributed by atoms with Crippen molar-refractivity contribution in [1.29, 1.82) is 0 Å². The van der Waals surface area contributed by atoms with Gasteiger partial charge < -0.3 is 20.6 Å². The van der Waals surface area contributed by atoms with Gasteiger partial charge in [-0.15, -0.1) is 0 Å². The molecule has 4 nitrogen and oxygen atoms in total. The molecule has 1 heterocycles. The van der Waals surface area contributed by atoms with Crippen LogP contribution in [0.3, 0.4) is 0 Å². The Hall–Kier alpha value is -1.00. The third-order valence-electron chi connectivity index (χ3n) is 1.27. The van der Waals surface area contributed by atoms with Gasteiger partial charge in [0.05, 0.1) is 13.2 Å². The van der Waals surface area contributed by atoms with Gasteiger partial charge in [0.1, 0.15) is 5.76 Å². The first-order valence-electron chi connectivity index (χ1n) is 3.48. The fourth-order valence-electron chi connectivity index (χ4n) is 0.780. The van der Waals surface area contributed by atoms with Crippen molar-refractivity contribution >= 4 is 5.88 Å². The molecule has 0 spiro atoms. The summed E-state index contributed by atoms with van der Waals surface area (Å²) < 4.78 is 5.06. The van der Waals surface area contributed by atoms with Crippen molar-refractivity contribution in [3.05, 3.63) is 17.9 Å². The summed E-state index contributed by atoms with van der Waals surface area (Å²) in [6.45, 7) is 1.31. The number of furan rings is 1. The zero-order valence-electron chi connectivity index (χ0n) is 6.21. The Bertz CT molecular complexity index is 210. The number of nitrogens with two attached hydrogens (primary N) is 1. The Balaban J connectivity index is 2.27. The largest absolute Gasteiger partial charge is 0.445 e. The van der Waals surface area contributed by atoms with E-state index in [-0.39, 0.29) is 6.61 Å². The van der Waals surface area contributed by atoms with Crippen molar-refractivity contribution in [3.8, 4) is 0 Å². The third kappa shape index (κ3) is 2.61. The smallest absolute Gasteiger partial charge is 0.190 e. The standard InChI is InChI=1S/C7H12N2O2/c8-7-2-1-6(11-7)5-9-3-4-10/h1-2,9-10H,3-5,8H2. The highest BCUT2D eigenvalue weighted by atomic mass is 16.4. The normalized spacial score (nSPS) is 10.3. The summed E-state index contributed by atoms with van der Waals surface area (Å²) in [5.41, 5.74) is 5.34. The highest BCUT2D eigenvalue weighted by Gasteiger charge is 1.96. The van der Waals surface area contributed by atoms with Gasteiger partial charge in [-0.3, -0.25) is 0 Å². The van der Waals surface area contributed by atoms with E-state index in [4.69, 9.17) is 15.3 Å². The molecule has 0 aliphatic carbocycles. The molecule has 0 atom stereocenters. The quantitative estimate of drug-likeness (QED) is 0.534. The summed E-state index contributed by atoms with van der Waals surface area (Å²) in [4.78, 5) is 0. The summed E-state index contributed by atoms with van der Waals surface area (Å²) in [5.74, 6) is 1.21. The zero-order chi connectivity index (χ0) is 8.10. The molecule has 0 aliphatic heterocycles. The van der Waals surface area contributed by atoms with Crippen LogP contribution in [0.1, 0.15) is 5.76 Å². The highest BCUT2D eigenvalue weighted by molar-refractivity contribution is 5.25. The molecule has 0 radical (unpaired) electrons. The van der Waals surface area contributed by atoms with E-state index in [1.54, 1.807) is 12.1 Å². The number of aliphatic hydroxyl groups excluding tert-OH is 1. The highest BCUT2D eigenvalue weighted by Crippen LogP contribution is 2.07. The molecule has 0 aliphatic rings. The molecule has 11 heavy (non-hydrogen) atoms. The predicted octanol–water partition coefficient (Wildman–Crippen LogP) is -0.0563. The molecule has 4 N–H and O–H groups in total. The van der Waals surface area contributed by atoms with Crippen LogP contribution in [0.4, 0.5) is 5.88 Å². The van der Waals surface area contributed by atoms with E-state index in [1.807, 2.05) is 0 Å². The van der Waals surface area contributed by atoms with E-state index in [0.29, 0.717) is 19.0 Å². The van der Waals surface area contributed by atoms with Gasteiger partial charge in [-0.1, -0.05) is 0 Å². The minimum absolute atomic E-state index is 0.135. The first kappa shape index (κ1) is 8.10. The first-order chi connectivity index (χ1) is 5.33. The minimum Gasteiger partial charge on any atom is -0.445 e. The van der Waals surface area contributed by atoms with Crippen LogP contribution < -0.4 is 11.1 Å². The fourth-order valence-corrected chi connectivity index (χ4v) is 0.780. The molecule has 1 rings (SSSR count). The lowest BCUT2D eigenvalue weighted by Crippen LogP contribution is -2.16. The molecule has 62 valence electrons. The lowest BCUT2D eigenvalue weighted by atomic mass is 10.4. The van der Waals surface area contributed by atoms with E-state index in [0.717, 1.165) is 5.76 Å². The molecule has 0 fully saturated rings. The second kappa shape index (κ2) is 4.00. The van der Waals surface area contributed by atoms with Crippen LogP contribution in [0.2, 0.25) is 0 Å². The minimum atomic E-state index is 0.135. The molecular formula is C7H12N2O2. The molecule has 0 aromatic carbocycles. The lowest BCUT2D eigenvalue weighted by molar-refractivity contribution is 0.290. The number of aliphatic hydroxyl groups is 1. The number of rotatable bonds is 4. The van der Waals surface area contributed by atoms with Crippen molar-refractivity contribution in [3.63, 3.8) is 0 Å². The van der Waals surface area contributed by atoms with E-state index >= 15 is 0 Å². The van der Waals surface area contributed by atoms with Crippen molar-refractivity contribution < 1.29 is 9.52 Å². The Morgan fingerprint density at radius 1 is 1.55 bits per heavy atom. The van der Waals surface area contributed by atoms with Gasteiger partial charge in [0.15, 0.2) is 5.88 Å². The monoisotopic (exact) mass is 156 g/mol. The van der Waals surface area contributed by atoms with Crippen molar-refractivity contribution in [2.24, 2.45) is 0 Å². The summed E-state index contributed by atoms with van der Waals surface area (Å²) >= 11 is 0. The number of nitrogen functional groups attached to an aromatic ring is 1. The number of hydrogen-bond donors (Lipinski definition) is 3. The summed E-state index contributed by atoms with van der Waals surface area (Å²) in [6.07, 6.45) is 0. The van der Waals surface area contributed by atoms with Crippen LogP contribution in [-0.4, -0.2) is 18.3 Å². The SMILES string of the molecule is Nc1ccc(CNCCO)o1. The van der Waals surface area contributed by atoms with E-state index in [2.05, 4.69) is 5.32 Å². The molecule has 0 amide bonds. The molecule has 0 unspecified atom stereocenters. The average Bonchev–Trinajstić information content (AvgIpc) is 2.37. The van der Waals surface area contributed by atoms with Crippen LogP contribution >= 0.6 is 0 Å². The summed E-state index contributed by atoms with van der Waals surface area (Å²) in [6, 6.07) is 3.51. The van der Waals surface area contributed by atoms with Crippen molar-refractivity contribution in [1.82, 2.24) is 5.32 Å². The Morgan fingerprint density at radius 2 is 2.36 bits per heavy atom. The molecular weight excluding hydrogens is 144 g/mol. The van der Waals surface area contributed by atoms with Crippen molar-refractivity contribution in [2.45, 2.75) is 6.54 Å². The van der Waals surface area contributed by atoms with Crippen LogP contribution in [-0.2, 0) is 6.54 Å². The number of nitrogens with one attached hydrogen (secondary N) is 1. The molecule has 0 saturated heterocycles. The van der Waals surface area contributed by atoms with Gasteiger partial charge in [0.2, 0.25) is 0 Å². The Morgan fingerprint density at radius 3 is 2.91 bits per heavy atom. The van der Waals surface area contributed by atoms with E-state index in [1.165, 1.54) is 0 Å². The summed E-state index contributed by atoms with van der Waals surface area (Å²) in [7, 11) is 0. The third-order valence-corrected chi connectivity index (χ3v) is 1.27. The van der Waals surface area contributed by atoms with Gasteiger partial charge in [-0.25, -0.2) is 0 Å². The number of anilines is 1. The molecule has 0 saturated carbocycles. The molecule has 4 heteroatoms. The topological polar surface area (TPSA) is 71.4 Å². The molecule has 0 bridgehead atoms. The van der Waals surface area contributed by atoms with Crippen LogP contribution in [0.15, 0.2) is 16.5 Å². The maximum Gasteiger partial charge on any atom is 0.190 e. The Labute approximate surface area is 65.0 Å². The molecule has 1 aromatic heterocycles. The maximum atomic E-state index is 8.43. The fraction of sp³-hybridized carbons (Fsp3) is 0.429. The van der Waals surface area contributed by atoms with Crippen LogP contribution in [0.25, 0.3) is 0 Å². The van der Waals surface area contributed by atoms with Gasteiger partial charge in [0.25, 0.3) is 0 Å². The van der Waals surface area contributed by atoms with Gasteiger partial charge in [-0.05, 0) is 6.07 Å². The van der Waals surface area contributed by atoms with E-state index < -0.39 is 0 Å². The molecule has 1 aromatic rings. The second-order valence-corrected chi connectivity index (χ2v) is 2.20. The first-order valence-corrected chi connectivity index (χ1v) is 3.48. The average molecular weight is 156 g/mol. The zero-order valence-corrected chi connectivity index (χ0v) is 6.21.